The van der Waals surface area contributed by atoms with E-state index in [2.05, 4.69) is 108 Å². The Hall–Kier alpha value is -7.57. The Morgan fingerprint density at radius 3 is 1.67 bits per heavy atom. The normalized spacial score (nSPS) is 11.7. The standard InChI is InChI=1S/C49H31N5O/c55-49-52(37-19-8-3-9-20-37)46-29-35(24-26-39(46)47-30-36-18-10-12-22-43(36)54(47)49)34-25-27-45-40(28-34)38-21-11-13-23-44(38)53(45)48-50-41(32-14-4-1-5-15-32)31-42(51-48)33-16-6-2-7-17-33/h1-31H. The monoisotopic (exact) mass is 705 g/mol. The molecule has 6 heteroatoms. The zero-order valence-electron chi connectivity index (χ0n) is 29.5. The van der Waals surface area contributed by atoms with Crippen LogP contribution < -0.4 is 5.69 Å². The largest absolute Gasteiger partial charge is 0.338 e. The fraction of sp³-hybridized carbons (Fsp3) is 0. The molecule has 258 valence electrons. The van der Waals surface area contributed by atoms with Gasteiger partial charge < -0.3 is 0 Å². The zero-order chi connectivity index (χ0) is 36.5. The van der Waals surface area contributed by atoms with Gasteiger partial charge in [-0.05, 0) is 65.7 Å². The Morgan fingerprint density at radius 1 is 0.364 bits per heavy atom. The fourth-order valence-electron chi connectivity index (χ4n) is 8.12. The van der Waals surface area contributed by atoms with Crippen LogP contribution in [0.1, 0.15) is 0 Å². The highest BCUT2D eigenvalue weighted by atomic mass is 16.1. The van der Waals surface area contributed by atoms with Gasteiger partial charge >= 0.3 is 5.69 Å². The minimum absolute atomic E-state index is 0.0989. The summed E-state index contributed by atoms with van der Waals surface area (Å²) in [6.07, 6.45) is 0. The molecule has 0 saturated heterocycles. The van der Waals surface area contributed by atoms with E-state index >= 15 is 0 Å². The minimum Gasteiger partial charge on any atom is -0.278 e. The second-order valence-electron chi connectivity index (χ2n) is 13.9. The molecule has 0 radical (unpaired) electrons. The number of hydrogen-bond acceptors (Lipinski definition) is 3. The number of nitrogens with zero attached hydrogens (tertiary/aromatic N) is 5. The van der Waals surface area contributed by atoms with Gasteiger partial charge in [0.25, 0.3) is 0 Å². The van der Waals surface area contributed by atoms with Crippen LogP contribution in [0.3, 0.4) is 0 Å². The molecule has 0 N–H and O–H groups in total. The van der Waals surface area contributed by atoms with Gasteiger partial charge in [0.2, 0.25) is 5.95 Å². The van der Waals surface area contributed by atoms with E-state index in [9.17, 15) is 4.79 Å². The molecule has 7 aromatic carbocycles. The molecule has 4 aromatic heterocycles. The van der Waals surface area contributed by atoms with Gasteiger partial charge in [0.15, 0.2) is 0 Å². The van der Waals surface area contributed by atoms with E-state index < -0.39 is 0 Å². The number of fused-ring (bicyclic) bond motifs is 8. The lowest BCUT2D eigenvalue weighted by Gasteiger charge is -2.14. The third-order valence-corrected chi connectivity index (χ3v) is 10.7. The van der Waals surface area contributed by atoms with Gasteiger partial charge in [-0.2, -0.15) is 0 Å². The molecular weight excluding hydrogens is 675 g/mol. The van der Waals surface area contributed by atoms with E-state index in [4.69, 9.17) is 9.97 Å². The van der Waals surface area contributed by atoms with E-state index in [1.165, 1.54) is 0 Å². The van der Waals surface area contributed by atoms with Crippen molar-refractivity contribution in [3.63, 3.8) is 0 Å². The van der Waals surface area contributed by atoms with E-state index in [0.717, 1.165) is 88.5 Å². The second-order valence-corrected chi connectivity index (χ2v) is 13.9. The van der Waals surface area contributed by atoms with Crippen molar-refractivity contribution >= 4 is 49.1 Å². The maximum atomic E-state index is 14.5. The van der Waals surface area contributed by atoms with Gasteiger partial charge in [-0.15, -0.1) is 0 Å². The Kier molecular flexibility index (Phi) is 6.91. The summed E-state index contributed by atoms with van der Waals surface area (Å²) >= 11 is 0. The van der Waals surface area contributed by atoms with Crippen LogP contribution >= 0.6 is 0 Å². The van der Waals surface area contributed by atoms with Crippen molar-refractivity contribution in [3.05, 3.63) is 199 Å². The smallest absolute Gasteiger partial charge is 0.278 e. The third kappa shape index (κ3) is 4.92. The molecule has 0 unspecified atom stereocenters. The van der Waals surface area contributed by atoms with Gasteiger partial charge in [-0.1, -0.05) is 133 Å². The summed E-state index contributed by atoms with van der Waals surface area (Å²) in [6, 6.07) is 64.2. The minimum atomic E-state index is -0.0989. The van der Waals surface area contributed by atoms with Crippen LogP contribution in [0.5, 0.6) is 0 Å². The van der Waals surface area contributed by atoms with E-state index in [0.29, 0.717) is 5.95 Å². The fourth-order valence-corrected chi connectivity index (χ4v) is 8.12. The molecule has 55 heavy (non-hydrogen) atoms. The Bertz CT molecular complexity index is 3270. The first-order chi connectivity index (χ1) is 27.2. The molecule has 0 aliphatic carbocycles. The van der Waals surface area contributed by atoms with Crippen LogP contribution in [0.2, 0.25) is 0 Å². The number of para-hydroxylation sites is 3. The molecule has 4 heterocycles. The predicted octanol–water partition coefficient (Wildman–Crippen LogP) is 11.3. The quantitative estimate of drug-likeness (QED) is 0.179. The maximum absolute atomic E-state index is 14.5. The molecule has 0 fully saturated rings. The molecule has 11 aromatic rings. The number of rotatable bonds is 5. The van der Waals surface area contributed by atoms with Crippen LogP contribution in [0, 0.1) is 0 Å². The van der Waals surface area contributed by atoms with Gasteiger partial charge in [0, 0.05) is 32.7 Å². The molecule has 0 saturated carbocycles. The Morgan fingerprint density at radius 2 is 0.945 bits per heavy atom. The highest BCUT2D eigenvalue weighted by molar-refractivity contribution is 6.10. The highest BCUT2D eigenvalue weighted by Gasteiger charge is 2.19. The highest BCUT2D eigenvalue weighted by Crippen LogP contribution is 2.37. The van der Waals surface area contributed by atoms with Crippen molar-refractivity contribution < 1.29 is 0 Å². The van der Waals surface area contributed by atoms with Crippen LogP contribution in [0.15, 0.2) is 193 Å². The van der Waals surface area contributed by atoms with Crippen molar-refractivity contribution in [2.45, 2.75) is 0 Å². The number of aromatic nitrogens is 5. The van der Waals surface area contributed by atoms with Crippen molar-refractivity contribution in [1.29, 1.82) is 0 Å². The Labute approximate surface area is 315 Å². The van der Waals surface area contributed by atoms with Gasteiger partial charge in [-0.25, -0.2) is 14.8 Å². The summed E-state index contributed by atoms with van der Waals surface area (Å²) in [4.78, 5) is 24.8. The van der Waals surface area contributed by atoms with E-state index in [1.54, 1.807) is 0 Å². The molecular formula is C49H31N5O. The van der Waals surface area contributed by atoms with E-state index in [1.807, 2.05) is 93.9 Å². The molecule has 0 aliphatic rings. The summed E-state index contributed by atoms with van der Waals surface area (Å²) < 4.78 is 5.85. The lowest BCUT2D eigenvalue weighted by atomic mass is 10.0. The summed E-state index contributed by atoms with van der Waals surface area (Å²) in [7, 11) is 0. The second kappa shape index (κ2) is 12.3. The predicted molar refractivity (Wildman–Crippen MR) is 224 cm³/mol. The first-order valence-corrected chi connectivity index (χ1v) is 18.4. The van der Waals surface area contributed by atoms with Gasteiger partial charge in [0.05, 0.1) is 44.7 Å². The molecule has 0 atom stereocenters. The number of benzene rings is 7. The first-order valence-electron chi connectivity index (χ1n) is 18.4. The summed E-state index contributed by atoms with van der Waals surface area (Å²) in [5.74, 6) is 0.611. The lowest BCUT2D eigenvalue weighted by molar-refractivity contribution is 0.936. The molecule has 0 bridgehead atoms. The van der Waals surface area contributed by atoms with Gasteiger partial charge in [-0.3, -0.25) is 13.5 Å². The Balaban J connectivity index is 1.14. The molecule has 11 rings (SSSR count). The van der Waals surface area contributed by atoms with Gasteiger partial charge in [0.1, 0.15) is 0 Å². The number of hydrogen-bond donors (Lipinski definition) is 0. The summed E-state index contributed by atoms with van der Waals surface area (Å²) in [6.45, 7) is 0. The lowest BCUT2D eigenvalue weighted by Crippen LogP contribution is -2.25. The first kappa shape index (κ1) is 31.0. The third-order valence-electron chi connectivity index (χ3n) is 10.7. The molecule has 6 nitrogen and oxygen atoms in total. The molecule has 0 amide bonds. The summed E-state index contributed by atoms with van der Waals surface area (Å²) in [5, 5.41) is 4.24. The van der Waals surface area contributed by atoms with Crippen molar-refractivity contribution in [1.82, 2.24) is 23.5 Å². The van der Waals surface area contributed by atoms with E-state index in [-0.39, 0.29) is 5.69 Å². The average Bonchev–Trinajstić information content (AvgIpc) is 3.81. The molecule has 0 spiro atoms. The average molecular weight is 706 g/mol. The molecule has 0 aliphatic heterocycles. The van der Waals surface area contributed by atoms with Crippen molar-refractivity contribution in [3.8, 4) is 45.3 Å². The maximum Gasteiger partial charge on any atom is 0.338 e. The van der Waals surface area contributed by atoms with Crippen molar-refractivity contribution in [2.24, 2.45) is 0 Å². The summed E-state index contributed by atoms with van der Waals surface area (Å²) in [5.41, 5.74) is 11.2. The topological polar surface area (TPSA) is 57.1 Å². The van der Waals surface area contributed by atoms with Crippen LogP contribution in [-0.4, -0.2) is 23.5 Å². The van der Waals surface area contributed by atoms with Crippen LogP contribution in [0.4, 0.5) is 0 Å². The zero-order valence-corrected chi connectivity index (χ0v) is 29.5. The van der Waals surface area contributed by atoms with Crippen molar-refractivity contribution in [2.75, 3.05) is 0 Å². The van der Waals surface area contributed by atoms with Crippen LogP contribution in [-0.2, 0) is 0 Å². The SMILES string of the molecule is O=c1n(-c2ccccc2)c2cc(-c3ccc4c(c3)c3ccccc3n4-c3nc(-c4ccccc4)cc(-c4ccccc4)n3)ccc2c2cc3ccccc3n12. The van der Waals surface area contributed by atoms with Crippen LogP contribution in [0.25, 0.3) is 94.4 Å².